The van der Waals surface area contributed by atoms with Crippen LogP contribution in [-0.4, -0.2) is 20.5 Å². The Bertz CT molecular complexity index is 255. The molecule has 3 nitrogen and oxygen atoms in total. The Morgan fingerprint density at radius 3 is 1.91 bits per heavy atom. The van der Waals surface area contributed by atoms with E-state index in [-0.39, 0.29) is 0 Å². The second kappa shape index (κ2) is 2.47. The normalized spacial score (nSPS) is 31.9. The molecule has 1 aliphatic carbocycles. The first kappa shape index (κ1) is 9.03. The molecule has 0 amide bonds. The number of alkyl halides is 2. The van der Waals surface area contributed by atoms with Crippen LogP contribution in [0.25, 0.3) is 0 Å². The van der Waals surface area contributed by atoms with E-state index in [1.54, 1.807) is 0 Å². The van der Waals surface area contributed by atoms with Crippen molar-refractivity contribution in [3.05, 3.63) is 10.8 Å². The van der Waals surface area contributed by atoms with E-state index in [1.807, 2.05) is 0 Å². The number of carbonyl (C=O) groups excluding carboxylic acids is 2. The van der Waals surface area contributed by atoms with Gasteiger partial charge in [-0.05, 0) is 15.9 Å². The van der Waals surface area contributed by atoms with Gasteiger partial charge in [0.05, 0.1) is 0 Å². The number of hydrogen-bond acceptors (Lipinski definition) is 3. The van der Waals surface area contributed by atoms with Crippen LogP contribution < -0.4 is 0 Å². The third-order valence-electron chi connectivity index (χ3n) is 1.19. The van der Waals surface area contributed by atoms with Crippen molar-refractivity contribution in [1.29, 1.82) is 0 Å². The smallest absolute Gasteiger partial charge is 0.238 e. The van der Waals surface area contributed by atoms with Crippen molar-refractivity contribution in [3.63, 3.8) is 0 Å². The largest absolute Gasteiger partial charge is 0.503 e. The highest BCUT2D eigenvalue weighted by atomic mass is 79.9. The summed E-state index contributed by atoms with van der Waals surface area (Å²) in [5, 5.41) is 8.31. The summed E-state index contributed by atoms with van der Waals surface area (Å²) in [6.45, 7) is 0. The van der Waals surface area contributed by atoms with Gasteiger partial charge in [-0.25, -0.2) is 0 Å². The zero-order chi connectivity index (χ0) is 8.81. The maximum atomic E-state index is 10.9. The van der Waals surface area contributed by atoms with Crippen LogP contribution in [0.4, 0.5) is 0 Å². The van der Waals surface area contributed by atoms with Gasteiger partial charge in [0.15, 0.2) is 5.76 Å². The standard InChI is InChI=1S/C5HBrCl2O3/c6-5(8)3(10)1(7)2(9)4(5)11/h9H. The summed E-state index contributed by atoms with van der Waals surface area (Å²) in [5.74, 6) is -2.54. The van der Waals surface area contributed by atoms with E-state index in [1.165, 1.54) is 0 Å². The number of ketones is 2. The summed E-state index contributed by atoms with van der Waals surface area (Å²) in [6.07, 6.45) is 0. The van der Waals surface area contributed by atoms with Gasteiger partial charge < -0.3 is 5.11 Å². The fourth-order valence-corrected chi connectivity index (χ4v) is 1.56. The number of aliphatic hydroxyl groups is 1. The quantitative estimate of drug-likeness (QED) is 0.530. The number of Topliss-reactive ketones (excluding diaryl/α,β-unsaturated/α-hetero) is 2. The van der Waals surface area contributed by atoms with Crippen LogP contribution in [0.1, 0.15) is 0 Å². The fourth-order valence-electron chi connectivity index (χ4n) is 0.597. The SMILES string of the molecule is O=C1C(O)=C(Cl)C(=O)C1(Cl)Br. The molecule has 1 N–H and O–H groups in total. The zero-order valence-corrected chi connectivity index (χ0v) is 8.00. The molecular weight excluding hydrogens is 259 g/mol. The molecule has 0 spiro atoms. The molecule has 0 aliphatic heterocycles. The minimum absolute atomic E-state index is 0.526. The highest BCUT2D eigenvalue weighted by Gasteiger charge is 2.52. The van der Waals surface area contributed by atoms with Crippen molar-refractivity contribution < 1.29 is 14.7 Å². The molecule has 0 fully saturated rings. The molecule has 1 aliphatic rings. The Labute approximate surface area is 80.1 Å². The summed E-state index contributed by atoms with van der Waals surface area (Å²) >= 11 is 13.3. The lowest BCUT2D eigenvalue weighted by Gasteiger charge is -2.05. The zero-order valence-electron chi connectivity index (χ0n) is 4.90. The van der Waals surface area contributed by atoms with E-state index in [9.17, 15) is 9.59 Å². The highest BCUT2D eigenvalue weighted by Crippen LogP contribution is 2.39. The molecule has 0 saturated carbocycles. The first-order valence-corrected chi connectivity index (χ1v) is 4.00. The molecule has 0 aromatic carbocycles. The van der Waals surface area contributed by atoms with Crippen molar-refractivity contribution in [2.24, 2.45) is 0 Å². The molecule has 6 heteroatoms. The average Bonchev–Trinajstić information content (AvgIpc) is 2.06. The highest BCUT2D eigenvalue weighted by molar-refractivity contribution is 9.11. The van der Waals surface area contributed by atoms with Gasteiger partial charge in [-0.3, -0.25) is 9.59 Å². The molecule has 0 aromatic rings. The first-order chi connectivity index (χ1) is 4.89. The monoisotopic (exact) mass is 258 g/mol. The molecule has 0 bridgehead atoms. The molecule has 0 aromatic heterocycles. The van der Waals surface area contributed by atoms with Gasteiger partial charge in [0.25, 0.3) is 0 Å². The number of aliphatic hydroxyl groups excluding tert-OH is 1. The summed E-state index contributed by atoms with van der Waals surface area (Å²) < 4.78 is -1.89. The van der Waals surface area contributed by atoms with E-state index in [4.69, 9.17) is 28.3 Å². The Hall–Kier alpha value is -0.0600. The third kappa shape index (κ3) is 1.09. The summed E-state index contributed by atoms with van der Waals surface area (Å²) in [5.41, 5.74) is 0. The lowest BCUT2D eigenvalue weighted by atomic mass is 10.3. The van der Waals surface area contributed by atoms with E-state index in [0.29, 0.717) is 0 Å². The number of carbonyl (C=O) groups is 2. The van der Waals surface area contributed by atoms with Crippen molar-refractivity contribution in [3.8, 4) is 0 Å². The summed E-state index contributed by atoms with van der Waals surface area (Å²) in [4.78, 5) is 21.8. The van der Waals surface area contributed by atoms with E-state index in [0.717, 1.165) is 0 Å². The summed E-state index contributed by atoms with van der Waals surface area (Å²) in [6, 6.07) is 0. The van der Waals surface area contributed by atoms with Crippen LogP contribution >= 0.6 is 39.1 Å². The fraction of sp³-hybridized carbons (Fsp3) is 0.200. The Balaban J connectivity index is 3.24. The Morgan fingerprint density at radius 1 is 1.36 bits per heavy atom. The van der Waals surface area contributed by atoms with Crippen LogP contribution in [0.3, 0.4) is 0 Å². The van der Waals surface area contributed by atoms with Gasteiger partial charge >= 0.3 is 0 Å². The van der Waals surface area contributed by atoms with Crippen molar-refractivity contribution in [2.75, 3.05) is 0 Å². The molecule has 0 radical (unpaired) electrons. The first-order valence-electron chi connectivity index (χ1n) is 2.45. The molecule has 1 unspecified atom stereocenters. The number of halogens is 3. The Morgan fingerprint density at radius 2 is 1.82 bits per heavy atom. The van der Waals surface area contributed by atoms with Gasteiger partial charge in [0, 0.05) is 0 Å². The topological polar surface area (TPSA) is 54.4 Å². The second-order valence-corrected chi connectivity index (χ2v) is 4.49. The molecular formula is C5HBrCl2O3. The number of allylic oxidation sites excluding steroid dienone is 2. The third-order valence-corrected chi connectivity index (χ3v) is 2.61. The van der Waals surface area contributed by atoms with E-state index >= 15 is 0 Å². The van der Waals surface area contributed by atoms with Gasteiger partial charge in [-0.15, -0.1) is 0 Å². The van der Waals surface area contributed by atoms with E-state index in [2.05, 4.69) is 15.9 Å². The number of hydrogen-bond donors (Lipinski definition) is 1. The molecule has 0 saturated heterocycles. The number of rotatable bonds is 0. The average molecular weight is 260 g/mol. The molecule has 1 atom stereocenters. The van der Waals surface area contributed by atoms with Gasteiger partial charge in [0.2, 0.25) is 15.3 Å². The van der Waals surface area contributed by atoms with E-state index < -0.39 is 26.1 Å². The Kier molecular flexibility index (Phi) is 2.03. The van der Waals surface area contributed by atoms with Crippen LogP contribution in [0.2, 0.25) is 0 Å². The molecule has 11 heavy (non-hydrogen) atoms. The van der Waals surface area contributed by atoms with Crippen LogP contribution in [0.15, 0.2) is 10.8 Å². The molecule has 0 heterocycles. The second-order valence-electron chi connectivity index (χ2n) is 1.90. The van der Waals surface area contributed by atoms with Crippen LogP contribution in [-0.2, 0) is 9.59 Å². The van der Waals surface area contributed by atoms with Crippen molar-refractivity contribution in [1.82, 2.24) is 0 Å². The van der Waals surface area contributed by atoms with Crippen molar-refractivity contribution in [2.45, 2.75) is 3.78 Å². The van der Waals surface area contributed by atoms with Crippen LogP contribution in [0, 0.1) is 0 Å². The predicted molar refractivity (Wildman–Crippen MR) is 43.0 cm³/mol. The van der Waals surface area contributed by atoms with Gasteiger partial charge in [-0.1, -0.05) is 23.2 Å². The lowest BCUT2D eigenvalue weighted by molar-refractivity contribution is -0.122. The van der Waals surface area contributed by atoms with Crippen LogP contribution in [0.5, 0.6) is 0 Å². The summed E-state index contributed by atoms with van der Waals surface area (Å²) in [7, 11) is 0. The van der Waals surface area contributed by atoms with Gasteiger partial charge in [0.1, 0.15) is 5.03 Å². The van der Waals surface area contributed by atoms with Gasteiger partial charge in [-0.2, -0.15) is 0 Å². The maximum absolute atomic E-state index is 10.9. The lowest BCUT2D eigenvalue weighted by Crippen LogP contribution is -2.28. The van der Waals surface area contributed by atoms with Crippen molar-refractivity contribution >= 4 is 50.7 Å². The predicted octanol–water partition coefficient (Wildman–Crippen LogP) is 1.48. The molecule has 60 valence electrons. The maximum Gasteiger partial charge on any atom is 0.238 e. The minimum Gasteiger partial charge on any atom is -0.503 e. The minimum atomic E-state index is -1.89. The molecule has 1 rings (SSSR count).